The van der Waals surface area contributed by atoms with Gasteiger partial charge in [0.15, 0.2) is 0 Å². The van der Waals surface area contributed by atoms with Crippen molar-refractivity contribution in [2.24, 2.45) is 5.92 Å². The Morgan fingerprint density at radius 1 is 1.41 bits per heavy atom. The molecule has 1 amide bonds. The average molecular weight is 233 g/mol. The van der Waals surface area contributed by atoms with Gasteiger partial charge in [-0.25, -0.2) is 4.79 Å². The van der Waals surface area contributed by atoms with Gasteiger partial charge < -0.3 is 10.0 Å². The molecule has 92 valence electrons. The highest BCUT2D eigenvalue weighted by molar-refractivity contribution is 5.66. The van der Waals surface area contributed by atoms with Crippen LogP contribution < -0.4 is 0 Å². The summed E-state index contributed by atoms with van der Waals surface area (Å²) in [7, 11) is 0. The summed E-state index contributed by atoms with van der Waals surface area (Å²) in [6, 6.07) is 10.3. The number of hydrogen-bond acceptors (Lipinski definition) is 1. The first-order valence-electron chi connectivity index (χ1n) is 6.24. The van der Waals surface area contributed by atoms with E-state index in [0.717, 1.165) is 19.3 Å². The molecule has 17 heavy (non-hydrogen) atoms. The van der Waals surface area contributed by atoms with E-state index in [9.17, 15) is 9.90 Å². The van der Waals surface area contributed by atoms with Crippen molar-refractivity contribution < 1.29 is 9.90 Å². The first-order chi connectivity index (χ1) is 8.20. The van der Waals surface area contributed by atoms with Crippen LogP contribution >= 0.6 is 0 Å². The smallest absolute Gasteiger partial charge is 0.407 e. The highest BCUT2D eigenvalue weighted by atomic mass is 16.4. The molecule has 0 aliphatic carbocycles. The van der Waals surface area contributed by atoms with Gasteiger partial charge in [0.05, 0.1) is 0 Å². The Balaban J connectivity index is 2.06. The van der Waals surface area contributed by atoms with Crippen molar-refractivity contribution in [3.8, 4) is 0 Å². The summed E-state index contributed by atoms with van der Waals surface area (Å²) in [5.74, 6) is 0.528. The summed E-state index contributed by atoms with van der Waals surface area (Å²) in [5.41, 5.74) is 1.22. The molecule has 1 aliphatic rings. The maximum absolute atomic E-state index is 11.2. The summed E-state index contributed by atoms with van der Waals surface area (Å²) < 4.78 is 0. The second-order valence-electron chi connectivity index (χ2n) is 4.79. The number of nitrogens with zero attached hydrogens (tertiary/aromatic N) is 1. The molecule has 1 saturated heterocycles. The van der Waals surface area contributed by atoms with Crippen LogP contribution in [0.1, 0.15) is 25.3 Å². The van der Waals surface area contributed by atoms with Crippen LogP contribution in [0, 0.1) is 5.92 Å². The van der Waals surface area contributed by atoms with Gasteiger partial charge in [-0.2, -0.15) is 0 Å². The van der Waals surface area contributed by atoms with Crippen LogP contribution in [-0.2, 0) is 6.42 Å². The van der Waals surface area contributed by atoms with Gasteiger partial charge >= 0.3 is 6.09 Å². The third-order valence-corrected chi connectivity index (χ3v) is 3.64. The highest BCUT2D eigenvalue weighted by Gasteiger charge is 2.34. The fourth-order valence-corrected chi connectivity index (χ4v) is 2.62. The zero-order chi connectivity index (χ0) is 12.3. The fourth-order valence-electron chi connectivity index (χ4n) is 2.62. The largest absolute Gasteiger partial charge is 0.465 e. The molecule has 1 aromatic carbocycles. The second-order valence-corrected chi connectivity index (χ2v) is 4.79. The maximum Gasteiger partial charge on any atom is 0.407 e. The van der Waals surface area contributed by atoms with Gasteiger partial charge in [-0.05, 0) is 24.3 Å². The minimum absolute atomic E-state index is 0.153. The lowest BCUT2D eigenvalue weighted by atomic mass is 9.98. The molecule has 1 N–H and O–H groups in total. The molecule has 0 aromatic heterocycles. The Labute approximate surface area is 102 Å². The van der Waals surface area contributed by atoms with Crippen LogP contribution in [0.5, 0.6) is 0 Å². The lowest BCUT2D eigenvalue weighted by molar-refractivity contribution is 0.139. The number of rotatable bonds is 3. The highest BCUT2D eigenvalue weighted by Crippen LogP contribution is 2.27. The molecule has 0 radical (unpaired) electrons. The van der Waals surface area contributed by atoms with Gasteiger partial charge in [-0.3, -0.25) is 0 Å². The molecular formula is C14H19NO2. The number of carboxylic acid groups (broad SMARTS) is 1. The van der Waals surface area contributed by atoms with Crippen molar-refractivity contribution in [1.29, 1.82) is 0 Å². The first-order valence-corrected chi connectivity index (χ1v) is 6.24. The quantitative estimate of drug-likeness (QED) is 0.871. The molecule has 1 aliphatic heterocycles. The monoisotopic (exact) mass is 233 g/mol. The molecule has 2 atom stereocenters. The van der Waals surface area contributed by atoms with Crippen molar-refractivity contribution >= 4 is 6.09 Å². The van der Waals surface area contributed by atoms with Crippen molar-refractivity contribution in [3.05, 3.63) is 35.9 Å². The molecule has 3 heteroatoms. The summed E-state index contributed by atoms with van der Waals surface area (Å²) in [6.45, 7) is 2.83. The van der Waals surface area contributed by atoms with Crippen LogP contribution in [0.25, 0.3) is 0 Å². The van der Waals surface area contributed by atoms with Gasteiger partial charge in [0, 0.05) is 12.6 Å². The summed E-state index contributed by atoms with van der Waals surface area (Å²) >= 11 is 0. The van der Waals surface area contributed by atoms with E-state index >= 15 is 0 Å². The molecule has 1 aromatic rings. The number of likely N-dealkylation sites (tertiary alicyclic amines) is 1. The standard InChI is InChI=1S/C14H19NO2/c1-2-11-8-13(15(10-11)14(16)17)9-12-6-4-3-5-7-12/h3-7,11,13H,2,8-10H2,1H3,(H,16,17). The maximum atomic E-state index is 11.2. The van der Waals surface area contributed by atoms with Crippen molar-refractivity contribution in [2.75, 3.05) is 6.54 Å². The summed E-state index contributed by atoms with van der Waals surface area (Å²) in [6.07, 6.45) is 2.12. The molecular weight excluding hydrogens is 214 g/mol. The Hall–Kier alpha value is -1.51. The molecule has 1 fully saturated rings. The van der Waals surface area contributed by atoms with Crippen LogP contribution in [0.3, 0.4) is 0 Å². The third-order valence-electron chi connectivity index (χ3n) is 3.64. The fraction of sp³-hybridized carbons (Fsp3) is 0.500. The number of carbonyl (C=O) groups is 1. The van der Waals surface area contributed by atoms with Gasteiger partial charge in [0.25, 0.3) is 0 Å². The van der Waals surface area contributed by atoms with E-state index in [1.165, 1.54) is 5.56 Å². The second kappa shape index (κ2) is 5.21. The molecule has 2 rings (SSSR count). The number of benzene rings is 1. The topological polar surface area (TPSA) is 40.5 Å². The van der Waals surface area contributed by atoms with Gasteiger partial charge in [-0.15, -0.1) is 0 Å². The van der Waals surface area contributed by atoms with E-state index in [1.54, 1.807) is 4.90 Å². The van der Waals surface area contributed by atoms with E-state index in [4.69, 9.17) is 0 Å². The lowest BCUT2D eigenvalue weighted by Gasteiger charge is -2.21. The van der Waals surface area contributed by atoms with Crippen molar-refractivity contribution in [1.82, 2.24) is 4.90 Å². The molecule has 2 unspecified atom stereocenters. The van der Waals surface area contributed by atoms with E-state index in [0.29, 0.717) is 12.5 Å². The Morgan fingerprint density at radius 2 is 2.12 bits per heavy atom. The SMILES string of the molecule is CCC1CC(Cc2ccccc2)N(C(=O)O)C1. The van der Waals surface area contributed by atoms with Crippen molar-refractivity contribution in [2.45, 2.75) is 32.2 Å². The molecule has 0 saturated carbocycles. The normalized spacial score (nSPS) is 23.9. The Kier molecular flexibility index (Phi) is 3.67. The Morgan fingerprint density at radius 3 is 2.71 bits per heavy atom. The zero-order valence-electron chi connectivity index (χ0n) is 10.2. The molecule has 3 nitrogen and oxygen atoms in total. The average Bonchev–Trinajstić information content (AvgIpc) is 2.74. The van der Waals surface area contributed by atoms with Gasteiger partial charge in [-0.1, -0.05) is 43.7 Å². The minimum Gasteiger partial charge on any atom is -0.465 e. The van der Waals surface area contributed by atoms with Crippen LogP contribution in [-0.4, -0.2) is 28.7 Å². The van der Waals surface area contributed by atoms with E-state index in [1.807, 2.05) is 18.2 Å². The lowest BCUT2D eigenvalue weighted by Crippen LogP contribution is -2.35. The van der Waals surface area contributed by atoms with E-state index in [-0.39, 0.29) is 6.04 Å². The predicted molar refractivity (Wildman–Crippen MR) is 67.1 cm³/mol. The van der Waals surface area contributed by atoms with Crippen LogP contribution in [0.2, 0.25) is 0 Å². The molecule has 1 heterocycles. The van der Waals surface area contributed by atoms with Crippen LogP contribution in [0.4, 0.5) is 4.79 Å². The van der Waals surface area contributed by atoms with Gasteiger partial charge in [0.1, 0.15) is 0 Å². The van der Waals surface area contributed by atoms with Crippen molar-refractivity contribution in [3.63, 3.8) is 0 Å². The molecule has 0 bridgehead atoms. The first kappa shape index (κ1) is 12.0. The number of hydrogen-bond donors (Lipinski definition) is 1. The Bertz CT molecular complexity index is 377. The predicted octanol–water partition coefficient (Wildman–Crippen LogP) is 3.01. The summed E-state index contributed by atoms with van der Waals surface area (Å²) in [4.78, 5) is 12.8. The molecule has 0 spiro atoms. The van der Waals surface area contributed by atoms with Crippen LogP contribution in [0.15, 0.2) is 30.3 Å². The van der Waals surface area contributed by atoms with E-state index < -0.39 is 6.09 Å². The number of amides is 1. The minimum atomic E-state index is -0.776. The third kappa shape index (κ3) is 2.78. The van der Waals surface area contributed by atoms with E-state index in [2.05, 4.69) is 19.1 Å². The summed E-state index contributed by atoms with van der Waals surface area (Å²) in [5, 5.41) is 9.20. The zero-order valence-corrected chi connectivity index (χ0v) is 10.2. The van der Waals surface area contributed by atoms with Gasteiger partial charge in [0.2, 0.25) is 0 Å².